The third-order valence-electron chi connectivity index (χ3n) is 2.69. The van der Waals surface area contributed by atoms with Gasteiger partial charge in [-0.1, -0.05) is 23.2 Å². The number of nitrogens with one attached hydrogen (secondary N) is 1. The quantitative estimate of drug-likeness (QED) is 0.618. The van der Waals surface area contributed by atoms with Gasteiger partial charge >= 0.3 is 11.4 Å². The van der Waals surface area contributed by atoms with Gasteiger partial charge in [-0.15, -0.1) is 0 Å². The van der Waals surface area contributed by atoms with Crippen LogP contribution in [0, 0.1) is 20.2 Å². The van der Waals surface area contributed by atoms with E-state index in [0.29, 0.717) is 0 Å². The summed E-state index contributed by atoms with van der Waals surface area (Å²) < 4.78 is 0. The molecule has 0 aliphatic carbocycles. The molecule has 1 heterocycles. The molecule has 1 aromatic heterocycles. The van der Waals surface area contributed by atoms with Crippen molar-refractivity contribution in [3.63, 3.8) is 0 Å². The van der Waals surface area contributed by atoms with Crippen LogP contribution < -0.4 is 11.0 Å². The number of H-pyrrole nitrogens is 1. The highest BCUT2D eigenvalue weighted by Crippen LogP contribution is 2.37. The first-order chi connectivity index (χ1) is 10.2. The molecule has 2 N–H and O–H groups in total. The number of hydrogen-bond acceptors (Lipinski definition) is 7. The van der Waals surface area contributed by atoms with Crippen molar-refractivity contribution < 1.29 is 15.0 Å². The number of nitro benzene ring substituents is 1. The van der Waals surface area contributed by atoms with Crippen molar-refractivity contribution in [1.82, 2.24) is 4.98 Å². The van der Waals surface area contributed by atoms with Crippen molar-refractivity contribution >= 4 is 45.5 Å². The summed E-state index contributed by atoms with van der Waals surface area (Å²) in [5.74, 6) is -1.48. The first kappa shape index (κ1) is 15.7. The van der Waals surface area contributed by atoms with E-state index in [0.717, 1.165) is 6.07 Å². The minimum atomic E-state index is -1.54. The van der Waals surface area contributed by atoms with Crippen LogP contribution in [-0.2, 0) is 0 Å². The van der Waals surface area contributed by atoms with Gasteiger partial charge in [0.15, 0.2) is 0 Å². The van der Waals surface area contributed by atoms with Crippen LogP contribution in [0.2, 0.25) is 10.0 Å². The summed E-state index contributed by atoms with van der Waals surface area (Å²) in [5.41, 5.74) is -5.91. The molecule has 0 aliphatic heterocycles. The van der Waals surface area contributed by atoms with Gasteiger partial charge in [-0.25, -0.2) is 0 Å². The lowest BCUT2D eigenvalue weighted by atomic mass is 10.2. The normalized spacial score (nSPS) is 10.6. The monoisotopic (exact) mass is 347 g/mol. The van der Waals surface area contributed by atoms with Crippen LogP contribution in [0.25, 0.3) is 10.9 Å². The van der Waals surface area contributed by atoms with Crippen LogP contribution in [0.1, 0.15) is 0 Å². The summed E-state index contributed by atoms with van der Waals surface area (Å²) in [6.45, 7) is 0. The molecule has 12 heteroatoms. The number of rotatable bonds is 2. The number of aromatic amines is 1. The molecule has 0 spiro atoms. The Morgan fingerprint density at radius 2 is 1.64 bits per heavy atom. The molecule has 0 atom stereocenters. The average Bonchev–Trinajstić information content (AvgIpc) is 2.48. The van der Waals surface area contributed by atoms with Gasteiger partial charge in [-0.05, 0) is 6.07 Å². The molecule has 10 nitrogen and oxygen atoms in total. The molecule has 0 fully saturated rings. The Morgan fingerprint density at radius 1 is 1.09 bits per heavy atom. The van der Waals surface area contributed by atoms with E-state index in [1.165, 1.54) is 0 Å². The average molecular weight is 348 g/mol. The highest BCUT2D eigenvalue weighted by atomic mass is 35.5. The predicted molar refractivity (Wildman–Crippen MR) is 75.8 cm³/mol. The second-order valence-electron chi connectivity index (χ2n) is 3.94. The number of benzene rings is 1. The zero-order valence-corrected chi connectivity index (χ0v) is 11.6. The summed E-state index contributed by atoms with van der Waals surface area (Å²) in [6, 6.07) is 0.915. The van der Waals surface area contributed by atoms with Gasteiger partial charge in [-0.3, -0.25) is 29.8 Å². The van der Waals surface area contributed by atoms with Crippen LogP contribution >= 0.6 is 23.2 Å². The lowest BCUT2D eigenvalue weighted by Gasteiger charge is -2.00. The molecule has 0 radical (unpaired) electrons. The van der Waals surface area contributed by atoms with Crippen LogP contribution in [-0.4, -0.2) is 19.9 Å². The maximum absolute atomic E-state index is 12.2. The summed E-state index contributed by atoms with van der Waals surface area (Å²) >= 11 is 11.3. The smallest absolute Gasteiger partial charge is 0.364 e. The fourth-order valence-electron chi connectivity index (χ4n) is 1.80. The first-order valence-electron chi connectivity index (χ1n) is 5.26. The van der Waals surface area contributed by atoms with Crippen LogP contribution in [0.15, 0.2) is 15.7 Å². The Kier molecular flexibility index (Phi) is 3.73. The third-order valence-corrected chi connectivity index (χ3v) is 3.47. The van der Waals surface area contributed by atoms with E-state index in [1.807, 2.05) is 4.98 Å². The van der Waals surface area contributed by atoms with Crippen molar-refractivity contribution in [2.45, 2.75) is 0 Å². The minimum Gasteiger partial charge on any atom is -0.498 e. The second-order valence-corrected chi connectivity index (χ2v) is 4.72. The highest BCUT2D eigenvalue weighted by molar-refractivity contribution is 6.44. The molecule has 0 amide bonds. The number of nitrogens with zero attached hydrogens (tertiary/aromatic N) is 2. The molecule has 0 saturated carbocycles. The minimum absolute atomic E-state index is 0.357. The number of aromatic hydroxyl groups is 1. The van der Waals surface area contributed by atoms with Gasteiger partial charge < -0.3 is 10.1 Å². The van der Waals surface area contributed by atoms with Crippen LogP contribution in [0.5, 0.6) is 5.75 Å². The number of aromatic nitrogens is 1. The molecule has 114 valence electrons. The number of halogens is 2. The summed E-state index contributed by atoms with van der Waals surface area (Å²) in [4.78, 5) is 45.3. The van der Waals surface area contributed by atoms with Crippen molar-refractivity contribution in [2.24, 2.45) is 0 Å². The second kappa shape index (κ2) is 5.24. The van der Waals surface area contributed by atoms with Gasteiger partial charge in [0, 0.05) is 0 Å². The molecule has 22 heavy (non-hydrogen) atoms. The number of nitro groups is 2. The Labute approximate surface area is 128 Å². The van der Waals surface area contributed by atoms with Crippen molar-refractivity contribution in [2.75, 3.05) is 0 Å². The molecule has 0 aliphatic rings. The zero-order valence-electron chi connectivity index (χ0n) is 10.1. The topological polar surface area (TPSA) is 156 Å². The molecule has 2 aromatic rings. The van der Waals surface area contributed by atoms with Gasteiger partial charge in [0.25, 0.3) is 16.7 Å². The molecule has 2 rings (SSSR count). The van der Waals surface area contributed by atoms with Crippen molar-refractivity contribution in [1.29, 1.82) is 0 Å². The van der Waals surface area contributed by atoms with E-state index in [2.05, 4.69) is 0 Å². The molecule has 1 aromatic carbocycles. The Hall–Kier alpha value is -2.72. The van der Waals surface area contributed by atoms with Gasteiger partial charge in [-0.2, -0.15) is 0 Å². The maximum atomic E-state index is 12.2. The lowest BCUT2D eigenvalue weighted by molar-refractivity contribution is -0.387. The van der Waals surface area contributed by atoms with Crippen LogP contribution in [0.4, 0.5) is 11.4 Å². The zero-order chi connectivity index (χ0) is 16.8. The van der Waals surface area contributed by atoms with E-state index in [-0.39, 0.29) is 5.02 Å². The molecule has 0 unspecified atom stereocenters. The van der Waals surface area contributed by atoms with Gasteiger partial charge in [0.2, 0.25) is 0 Å². The maximum Gasteiger partial charge on any atom is 0.364 e. The fraction of sp³-hybridized carbons (Fsp3) is 0. The van der Waals surface area contributed by atoms with E-state index in [1.54, 1.807) is 0 Å². The Balaban J connectivity index is 3.34. The Morgan fingerprint density at radius 3 is 2.14 bits per heavy atom. The first-order valence-corrected chi connectivity index (χ1v) is 6.02. The number of fused-ring (bicyclic) bond motifs is 1. The summed E-state index contributed by atoms with van der Waals surface area (Å²) in [5, 5.41) is 29.6. The third kappa shape index (κ3) is 2.23. The Bertz CT molecular complexity index is 969. The molecular weight excluding hydrogens is 345 g/mol. The van der Waals surface area contributed by atoms with Crippen molar-refractivity contribution in [3.05, 3.63) is 56.9 Å². The highest BCUT2D eigenvalue weighted by Gasteiger charge is 2.30. The largest absolute Gasteiger partial charge is 0.498 e. The molecular formula is C10H3Cl2N3O7. The van der Waals surface area contributed by atoms with Crippen molar-refractivity contribution in [3.8, 4) is 5.75 Å². The van der Waals surface area contributed by atoms with E-state index in [4.69, 9.17) is 23.2 Å². The fourth-order valence-corrected chi connectivity index (χ4v) is 2.21. The molecule has 0 bridgehead atoms. The van der Waals surface area contributed by atoms with E-state index < -0.39 is 53.9 Å². The van der Waals surface area contributed by atoms with Gasteiger partial charge in [0.1, 0.15) is 10.4 Å². The standard InChI is InChI=1S/C10H3Cl2N3O7/c11-2-1-3-4(6(5(2)12)14(19)20)8(16)7(15(21)22)9(17)10(18)13-3/h1,17H,(H,13,18). The van der Waals surface area contributed by atoms with E-state index >= 15 is 0 Å². The predicted octanol–water partition coefficient (Wildman–Crippen LogP) is 1.72. The van der Waals surface area contributed by atoms with Gasteiger partial charge in [0.05, 0.1) is 20.4 Å². The van der Waals surface area contributed by atoms with E-state index in [9.17, 15) is 34.9 Å². The summed E-state index contributed by atoms with van der Waals surface area (Å²) in [7, 11) is 0. The summed E-state index contributed by atoms with van der Waals surface area (Å²) in [6.07, 6.45) is 0. The SMILES string of the molecule is O=c1[nH]c2cc(Cl)c(Cl)c([N+](=O)[O-])c2c(=O)c([N+](=O)[O-])c1O. The lowest BCUT2D eigenvalue weighted by Crippen LogP contribution is -2.09. The van der Waals surface area contributed by atoms with Crippen LogP contribution in [0.3, 0.4) is 0 Å². The number of hydrogen-bond donors (Lipinski definition) is 2. The molecule has 0 saturated heterocycles.